The molecule has 3 rings (SSSR count). The first-order valence-electron chi connectivity index (χ1n) is 9.56. The number of hydrogen-bond acceptors (Lipinski definition) is 4. The quantitative estimate of drug-likeness (QED) is 0.617. The van der Waals surface area contributed by atoms with Crippen LogP contribution in [0.1, 0.15) is 24.5 Å². The van der Waals surface area contributed by atoms with Crippen molar-refractivity contribution in [2.45, 2.75) is 37.6 Å². The largest absolute Gasteiger partial charge is 0.462 e. The average Bonchev–Trinajstić information content (AvgIpc) is 3.00. The summed E-state index contributed by atoms with van der Waals surface area (Å²) in [5.41, 5.74) is -0.00454. The number of halogens is 3. The van der Waals surface area contributed by atoms with E-state index < -0.39 is 35.6 Å². The van der Waals surface area contributed by atoms with Gasteiger partial charge in [0.1, 0.15) is 0 Å². The van der Waals surface area contributed by atoms with E-state index in [-0.39, 0.29) is 6.61 Å². The van der Waals surface area contributed by atoms with Gasteiger partial charge in [0.25, 0.3) is 0 Å². The fraction of sp³-hybridized carbons (Fsp3) is 0.304. The van der Waals surface area contributed by atoms with E-state index in [9.17, 15) is 18.4 Å². The summed E-state index contributed by atoms with van der Waals surface area (Å²) >= 11 is 6.23. The van der Waals surface area contributed by atoms with Crippen LogP contribution in [0.3, 0.4) is 0 Å². The third-order valence-corrected chi connectivity index (χ3v) is 5.53. The molecule has 1 aliphatic carbocycles. The zero-order valence-corrected chi connectivity index (χ0v) is 17.4. The summed E-state index contributed by atoms with van der Waals surface area (Å²) in [4.78, 5) is 25.1. The summed E-state index contributed by atoms with van der Waals surface area (Å²) in [5.74, 6) is -6.02. The molecule has 1 aliphatic rings. The van der Waals surface area contributed by atoms with Crippen molar-refractivity contribution in [3.63, 3.8) is 0 Å². The van der Waals surface area contributed by atoms with Crippen LogP contribution in [0.5, 0.6) is 0 Å². The predicted molar refractivity (Wildman–Crippen MR) is 112 cm³/mol. The number of carbonyl (C=O) groups excluding carboxylic acids is 2. The van der Waals surface area contributed by atoms with Crippen molar-refractivity contribution in [2.75, 3.05) is 11.9 Å². The molecule has 2 aromatic carbocycles. The average molecular weight is 434 g/mol. The van der Waals surface area contributed by atoms with Crippen LogP contribution >= 0.6 is 11.6 Å². The molecular weight excluding hydrogens is 412 g/mol. The molecular formula is C23H22ClF2NO3. The van der Waals surface area contributed by atoms with Crippen LogP contribution < -0.4 is 5.32 Å². The van der Waals surface area contributed by atoms with E-state index in [4.69, 9.17) is 11.6 Å². The van der Waals surface area contributed by atoms with Gasteiger partial charge in [-0.3, -0.25) is 4.79 Å². The standard InChI is InChI=1S/C23H22ClF2NO3/c1-3-30-21(29)23(25,26)14-22(16-8-6-7-15(2)13-16)19(11-12-20(22)28)27-18-10-5-4-9-17(18)24/h4-13,19,27H,3,14H2,1-2H3/t19-,22-/m1/s1. The molecule has 0 radical (unpaired) electrons. The van der Waals surface area contributed by atoms with Gasteiger partial charge in [-0.25, -0.2) is 4.79 Å². The van der Waals surface area contributed by atoms with Gasteiger partial charge < -0.3 is 10.1 Å². The van der Waals surface area contributed by atoms with Crippen LogP contribution in [0.25, 0.3) is 0 Å². The number of para-hydroxylation sites is 1. The van der Waals surface area contributed by atoms with Crippen molar-refractivity contribution >= 4 is 29.0 Å². The normalized spacial score (nSPS) is 21.0. The molecule has 158 valence electrons. The Balaban J connectivity index is 2.11. The van der Waals surface area contributed by atoms with Crippen LogP contribution in [0.2, 0.25) is 5.02 Å². The Kier molecular flexibility index (Phi) is 6.27. The van der Waals surface area contributed by atoms with Crippen LogP contribution in [-0.4, -0.2) is 30.3 Å². The minimum atomic E-state index is -3.86. The van der Waals surface area contributed by atoms with Crippen LogP contribution in [0.4, 0.5) is 14.5 Å². The Morgan fingerprint density at radius 1 is 1.23 bits per heavy atom. The maximum atomic E-state index is 14.9. The van der Waals surface area contributed by atoms with E-state index in [1.54, 1.807) is 42.5 Å². The van der Waals surface area contributed by atoms with Crippen molar-refractivity contribution < 1.29 is 23.1 Å². The number of ketones is 1. The zero-order valence-electron chi connectivity index (χ0n) is 16.6. The van der Waals surface area contributed by atoms with Crippen molar-refractivity contribution in [3.8, 4) is 0 Å². The molecule has 2 aromatic rings. The molecule has 0 spiro atoms. The molecule has 7 heteroatoms. The second kappa shape index (κ2) is 8.56. The highest BCUT2D eigenvalue weighted by molar-refractivity contribution is 6.33. The predicted octanol–water partition coefficient (Wildman–Crippen LogP) is 5.09. The molecule has 2 atom stereocenters. The van der Waals surface area contributed by atoms with E-state index in [0.717, 1.165) is 5.56 Å². The monoisotopic (exact) mass is 433 g/mol. The molecule has 4 nitrogen and oxygen atoms in total. The summed E-state index contributed by atoms with van der Waals surface area (Å²) in [6.07, 6.45) is 1.78. The number of rotatable bonds is 7. The first-order valence-corrected chi connectivity index (χ1v) is 9.94. The van der Waals surface area contributed by atoms with Gasteiger partial charge in [-0.2, -0.15) is 8.78 Å². The molecule has 0 saturated carbocycles. The second-order valence-electron chi connectivity index (χ2n) is 7.27. The van der Waals surface area contributed by atoms with Crippen LogP contribution in [0, 0.1) is 6.92 Å². The number of allylic oxidation sites excluding steroid dienone is 1. The Hall–Kier alpha value is -2.73. The number of benzene rings is 2. The Morgan fingerprint density at radius 2 is 1.97 bits per heavy atom. The highest BCUT2D eigenvalue weighted by Crippen LogP contribution is 2.45. The van der Waals surface area contributed by atoms with Crippen LogP contribution in [0.15, 0.2) is 60.7 Å². The Bertz CT molecular complexity index is 992. The molecule has 1 N–H and O–H groups in total. The number of anilines is 1. The topological polar surface area (TPSA) is 55.4 Å². The van der Waals surface area contributed by atoms with Gasteiger partial charge in [0.15, 0.2) is 5.78 Å². The number of aryl methyl sites for hydroxylation is 1. The fourth-order valence-corrected chi connectivity index (χ4v) is 3.96. The third-order valence-electron chi connectivity index (χ3n) is 5.20. The molecule has 0 fully saturated rings. The summed E-state index contributed by atoms with van der Waals surface area (Å²) in [6.45, 7) is 3.08. The lowest BCUT2D eigenvalue weighted by atomic mass is 9.69. The van der Waals surface area contributed by atoms with Crippen molar-refractivity contribution in [1.82, 2.24) is 0 Å². The van der Waals surface area contributed by atoms with Gasteiger partial charge in [-0.15, -0.1) is 0 Å². The van der Waals surface area contributed by atoms with Crippen molar-refractivity contribution in [2.24, 2.45) is 0 Å². The van der Waals surface area contributed by atoms with Gasteiger partial charge in [-0.1, -0.05) is 59.6 Å². The lowest BCUT2D eigenvalue weighted by molar-refractivity contribution is -0.174. The molecule has 0 amide bonds. The lowest BCUT2D eigenvalue weighted by Crippen LogP contribution is -2.51. The summed E-state index contributed by atoms with van der Waals surface area (Å²) in [6, 6.07) is 12.8. The molecule has 0 aromatic heterocycles. The van der Waals surface area contributed by atoms with Gasteiger partial charge in [-0.05, 0) is 37.6 Å². The fourth-order valence-electron chi connectivity index (χ4n) is 3.77. The minimum absolute atomic E-state index is 0.181. The van der Waals surface area contributed by atoms with E-state index in [0.29, 0.717) is 16.3 Å². The number of alkyl halides is 2. The van der Waals surface area contributed by atoms with E-state index in [1.807, 2.05) is 13.0 Å². The highest BCUT2D eigenvalue weighted by Gasteiger charge is 2.57. The number of ether oxygens (including phenoxy) is 1. The first-order chi connectivity index (χ1) is 14.2. The maximum absolute atomic E-state index is 14.9. The number of hydrogen-bond donors (Lipinski definition) is 1. The Morgan fingerprint density at radius 3 is 2.63 bits per heavy atom. The molecule has 30 heavy (non-hydrogen) atoms. The molecule has 0 unspecified atom stereocenters. The molecule has 0 bridgehead atoms. The van der Waals surface area contributed by atoms with E-state index in [1.165, 1.54) is 19.1 Å². The summed E-state index contributed by atoms with van der Waals surface area (Å²) < 4.78 is 34.5. The Labute approximate surface area is 178 Å². The summed E-state index contributed by atoms with van der Waals surface area (Å²) in [7, 11) is 0. The third kappa shape index (κ3) is 4.10. The first kappa shape index (κ1) is 22.0. The maximum Gasteiger partial charge on any atom is 0.377 e. The van der Waals surface area contributed by atoms with Crippen molar-refractivity contribution in [3.05, 3.63) is 76.8 Å². The number of esters is 1. The van der Waals surface area contributed by atoms with E-state index >= 15 is 0 Å². The summed E-state index contributed by atoms with van der Waals surface area (Å²) in [5, 5.41) is 3.51. The number of nitrogens with one attached hydrogen (secondary N) is 1. The van der Waals surface area contributed by atoms with Gasteiger partial charge in [0.05, 0.1) is 28.8 Å². The molecule has 0 heterocycles. The zero-order chi connectivity index (χ0) is 21.9. The van der Waals surface area contributed by atoms with Gasteiger partial charge in [0.2, 0.25) is 0 Å². The molecule has 0 saturated heterocycles. The number of carbonyl (C=O) groups is 2. The SMILES string of the molecule is CCOC(=O)C(F)(F)C[C@]1(c2cccc(C)c2)C(=O)C=C[C@H]1Nc1ccccc1Cl. The molecule has 0 aliphatic heterocycles. The van der Waals surface area contributed by atoms with Crippen LogP contribution in [-0.2, 0) is 19.7 Å². The minimum Gasteiger partial charge on any atom is -0.462 e. The van der Waals surface area contributed by atoms with Crippen molar-refractivity contribution in [1.29, 1.82) is 0 Å². The van der Waals surface area contributed by atoms with Gasteiger partial charge >= 0.3 is 11.9 Å². The second-order valence-corrected chi connectivity index (χ2v) is 7.67. The van der Waals surface area contributed by atoms with Gasteiger partial charge in [0, 0.05) is 6.42 Å². The smallest absolute Gasteiger partial charge is 0.377 e. The van der Waals surface area contributed by atoms with E-state index in [2.05, 4.69) is 10.1 Å². The highest BCUT2D eigenvalue weighted by atomic mass is 35.5. The lowest BCUT2D eigenvalue weighted by Gasteiger charge is -2.37.